The first-order valence-electron chi connectivity index (χ1n) is 7.72. The number of ether oxygens (including phenoxy) is 1. The van der Waals surface area contributed by atoms with Gasteiger partial charge in [-0.05, 0) is 31.2 Å². The number of nitrogens with zero attached hydrogens (tertiary/aromatic N) is 1. The predicted molar refractivity (Wildman–Crippen MR) is 98.5 cm³/mol. The van der Waals surface area contributed by atoms with Crippen molar-refractivity contribution < 1.29 is 9.53 Å². The topological polar surface area (TPSA) is 51.2 Å². The van der Waals surface area contributed by atoms with Crippen LogP contribution in [0.15, 0.2) is 53.9 Å². The maximum absolute atomic E-state index is 11.1. The zero-order valence-electron chi connectivity index (χ0n) is 13.6. The summed E-state index contributed by atoms with van der Waals surface area (Å²) >= 11 is 1.60. The number of hydrogen-bond acceptors (Lipinski definition) is 4. The third kappa shape index (κ3) is 3.81. The minimum atomic E-state index is -0.0760. The number of carbonyl (C=O) groups excluding carboxylic acids is 1. The lowest BCUT2D eigenvalue weighted by Crippen LogP contribution is -2.05. The first-order chi connectivity index (χ1) is 11.7. The number of amides is 1. The molecule has 0 aliphatic rings. The van der Waals surface area contributed by atoms with Gasteiger partial charge in [-0.2, -0.15) is 0 Å². The zero-order valence-corrected chi connectivity index (χ0v) is 14.4. The number of rotatable bonds is 5. The van der Waals surface area contributed by atoms with E-state index in [0.29, 0.717) is 6.61 Å². The zero-order chi connectivity index (χ0) is 16.9. The normalized spacial score (nSPS) is 10.4. The first kappa shape index (κ1) is 16.2. The summed E-state index contributed by atoms with van der Waals surface area (Å²) in [6, 6.07) is 15.6. The highest BCUT2D eigenvalue weighted by Gasteiger charge is 2.08. The molecular weight excluding hydrogens is 320 g/mol. The minimum absolute atomic E-state index is 0.0760. The predicted octanol–water partition coefficient (Wildman–Crippen LogP) is 4.83. The van der Waals surface area contributed by atoms with Gasteiger partial charge in [-0.1, -0.05) is 24.3 Å². The molecule has 1 N–H and O–H groups in total. The van der Waals surface area contributed by atoms with Crippen molar-refractivity contribution in [3.63, 3.8) is 0 Å². The lowest BCUT2D eigenvalue weighted by atomic mass is 10.1. The van der Waals surface area contributed by atoms with Gasteiger partial charge in [0.2, 0.25) is 5.91 Å². The molecule has 24 heavy (non-hydrogen) atoms. The van der Waals surface area contributed by atoms with Crippen LogP contribution < -0.4 is 10.1 Å². The summed E-state index contributed by atoms with van der Waals surface area (Å²) in [4.78, 5) is 15.8. The van der Waals surface area contributed by atoms with Crippen molar-refractivity contribution in [3.8, 4) is 27.6 Å². The van der Waals surface area contributed by atoms with Crippen molar-refractivity contribution in [2.45, 2.75) is 13.8 Å². The molecule has 2 aromatic carbocycles. The lowest BCUT2D eigenvalue weighted by Gasteiger charge is -2.04. The Bertz CT molecular complexity index is 841. The molecule has 0 bridgehead atoms. The number of aromatic nitrogens is 1. The summed E-state index contributed by atoms with van der Waals surface area (Å²) in [7, 11) is 0. The number of carbonyl (C=O) groups is 1. The van der Waals surface area contributed by atoms with E-state index in [1.54, 1.807) is 11.3 Å². The average molecular weight is 338 g/mol. The van der Waals surface area contributed by atoms with E-state index >= 15 is 0 Å². The molecular formula is C19H18N2O2S. The maximum Gasteiger partial charge on any atom is 0.221 e. The summed E-state index contributed by atoms with van der Waals surface area (Å²) < 4.78 is 5.55. The lowest BCUT2D eigenvalue weighted by molar-refractivity contribution is -0.114. The monoisotopic (exact) mass is 338 g/mol. The van der Waals surface area contributed by atoms with Crippen LogP contribution in [0.2, 0.25) is 0 Å². The Morgan fingerprint density at radius 3 is 2.67 bits per heavy atom. The highest BCUT2D eigenvalue weighted by molar-refractivity contribution is 7.13. The summed E-state index contributed by atoms with van der Waals surface area (Å²) in [5.41, 5.74) is 3.77. The van der Waals surface area contributed by atoms with Crippen LogP contribution in [-0.2, 0) is 4.79 Å². The molecule has 1 aromatic heterocycles. The van der Waals surface area contributed by atoms with Gasteiger partial charge in [0.1, 0.15) is 10.8 Å². The molecule has 4 nitrogen and oxygen atoms in total. The quantitative estimate of drug-likeness (QED) is 0.724. The molecule has 1 amide bonds. The Hall–Kier alpha value is -2.66. The summed E-state index contributed by atoms with van der Waals surface area (Å²) in [6.45, 7) is 4.11. The number of thiazole rings is 1. The van der Waals surface area contributed by atoms with Gasteiger partial charge in [0.15, 0.2) is 0 Å². The SMILES string of the molecule is CCOc1cccc(-c2nc(-c3ccc(NC(C)=O)cc3)cs2)c1. The Balaban J connectivity index is 1.82. The van der Waals surface area contributed by atoms with Crippen LogP contribution in [-0.4, -0.2) is 17.5 Å². The van der Waals surface area contributed by atoms with Crippen LogP contribution in [0.3, 0.4) is 0 Å². The largest absolute Gasteiger partial charge is 0.494 e. The smallest absolute Gasteiger partial charge is 0.221 e. The van der Waals surface area contributed by atoms with Crippen molar-refractivity contribution in [3.05, 3.63) is 53.9 Å². The molecule has 0 unspecified atom stereocenters. The molecule has 3 rings (SSSR count). The summed E-state index contributed by atoms with van der Waals surface area (Å²) in [5, 5.41) is 5.76. The van der Waals surface area contributed by atoms with E-state index in [0.717, 1.165) is 33.3 Å². The molecule has 3 aromatic rings. The Morgan fingerprint density at radius 2 is 1.96 bits per heavy atom. The average Bonchev–Trinajstić information content (AvgIpc) is 3.06. The first-order valence-corrected chi connectivity index (χ1v) is 8.60. The van der Waals surface area contributed by atoms with Crippen LogP contribution in [0.5, 0.6) is 5.75 Å². The Kier molecular flexibility index (Phi) is 4.91. The molecule has 0 spiro atoms. The van der Waals surface area contributed by atoms with Gasteiger partial charge in [0, 0.05) is 29.1 Å². The Morgan fingerprint density at radius 1 is 1.17 bits per heavy atom. The van der Waals surface area contributed by atoms with E-state index in [4.69, 9.17) is 9.72 Å². The van der Waals surface area contributed by atoms with E-state index in [2.05, 4.69) is 5.32 Å². The molecule has 122 valence electrons. The second-order valence-electron chi connectivity index (χ2n) is 5.26. The molecule has 0 saturated heterocycles. The Labute approximate surface area is 145 Å². The molecule has 0 fully saturated rings. The van der Waals surface area contributed by atoms with Crippen molar-refractivity contribution in [1.29, 1.82) is 0 Å². The van der Waals surface area contributed by atoms with Gasteiger partial charge >= 0.3 is 0 Å². The van der Waals surface area contributed by atoms with Crippen LogP contribution in [0.1, 0.15) is 13.8 Å². The van der Waals surface area contributed by atoms with Gasteiger partial charge in [-0.15, -0.1) is 11.3 Å². The van der Waals surface area contributed by atoms with Crippen LogP contribution in [0, 0.1) is 0 Å². The summed E-state index contributed by atoms with van der Waals surface area (Å²) in [6.07, 6.45) is 0. The van der Waals surface area contributed by atoms with E-state index in [-0.39, 0.29) is 5.91 Å². The minimum Gasteiger partial charge on any atom is -0.494 e. The van der Waals surface area contributed by atoms with Gasteiger partial charge in [-0.25, -0.2) is 4.98 Å². The fraction of sp³-hybridized carbons (Fsp3) is 0.158. The van der Waals surface area contributed by atoms with Gasteiger partial charge in [-0.3, -0.25) is 4.79 Å². The van der Waals surface area contributed by atoms with Crippen molar-refractivity contribution in [1.82, 2.24) is 4.98 Å². The van der Waals surface area contributed by atoms with Crippen LogP contribution in [0.25, 0.3) is 21.8 Å². The fourth-order valence-corrected chi connectivity index (χ4v) is 3.18. The summed E-state index contributed by atoms with van der Waals surface area (Å²) in [5.74, 6) is 0.777. The van der Waals surface area contributed by atoms with Crippen molar-refractivity contribution >= 4 is 22.9 Å². The van der Waals surface area contributed by atoms with E-state index in [9.17, 15) is 4.79 Å². The third-order valence-electron chi connectivity index (χ3n) is 3.40. The van der Waals surface area contributed by atoms with E-state index < -0.39 is 0 Å². The highest BCUT2D eigenvalue weighted by Crippen LogP contribution is 2.31. The molecule has 5 heteroatoms. The molecule has 0 aliphatic heterocycles. The molecule has 1 heterocycles. The molecule has 0 saturated carbocycles. The van der Waals surface area contributed by atoms with Gasteiger partial charge in [0.25, 0.3) is 0 Å². The number of benzene rings is 2. The third-order valence-corrected chi connectivity index (χ3v) is 4.29. The van der Waals surface area contributed by atoms with Gasteiger partial charge in [0.05, 0.1) is 12.3 Å². The fourth-order valence-electron chi connectivity index (χ4n) is 2.35. The second-order valence-corrected chi connectivity index (χ2v) is 6.12. The molecule has 0 radical (unpaired) electrons. The number of anilines is 1. The van der Waals surface area contributed by atoms with Crippen LogP contribution in [0.4, 0.5) is 5.69 Å². The van der Waals surface area contributed by atoms with Crippen molar-refractivity contribution in [2.75, 3.05) is 11.9 Å². The maximum atomic E-state index is 11.1. The molecule has 0 atom stereocenters. The highest BCUT2D eigenvalue weighted by atomic mass is 32.1. The number of nitrogens with one attached hydrogen (secondary N) is 1. The van der Waals surface area contributed by atoms with E-state index in [1.807, 2.05) is 60.8 Å². The van der Waals surface area contributed by atoms with Gasteiger partial charge < -0.3 is 10.1 Å². The molecule has 0 aliphatic carbocycles. The van der Waals surface area contributed by atoms with Crippen molar-refractivity contribution in [2.24, 2.45) is 0 Å². The van der Waals surface area contributed by atoms with E-state index in [1.165, 1.54) is 6.92 Å². The second kappa shape index (κ2) is 7.27. The van der Waals surface area contributed by atoms with Crippen LogP contribution >= 0.6 is 11.3 Å². The standard InChI is InChI=1S/C19H18N2O2S/c1-3-23-17-6-4-5-15(11-17)19-21-18(12-24-19)14-7-9-16(10-8-14)20-13(2)22/h4-12H,3H2,1-2H3,(H,20,22). The number of hydrogen-bond donors (Lipinski definition) is 1.